The van der Waals surface area contributed by atoms with Gasteiger partial charge in [-0.25, -0.2) is 14.8 Å². The molecule has 2 amide bonds. The summed E-state index contributed by atoms with van der Waals surface area (Å²) in [5, 5.41) is 8.75. The van der Waals surface area contributed by atoms with E-state index in [0.717, 1.165) is 5.82 Å². The van der Waals surface area contributed by atoms with Gasteiger partial charge in [0, 0.05) is 55.4 Å². The van der Waals surface area contributed by atoms with E-state index in [9.17, 15) is 4.79 Å². The van der Waals surface area contributed by atoms with Gasteiger partial charge in [0.25, 0.3) is 0 Å². The molecule has 3 rings (SSSR count). The van der Waals surface area contributed by atoms with Crippen molar-refractivity contribution in [1.29, 1.82) is 0 Å². The molecule has 9 heteroatoms. The Kier molecular flexibility index (Phi) is 6.51. The third kappa shape index (κ3) is 5.61. The molecule has 0 saturated heterocycles. The third-order valence-corrected chi connectivity index (χ3v) is 4.02. The lowest BCUT2D eigenvalue weighted by Crippen LogP contribution is -2.32. The number of carbonyl (C=O) groups is 1. The Morgan fingerprint density at radius 2 is 1.69 bits per heavy atom. The van der Waals surface area contributed by atoms with Gasteiger partial charge in [0.2, 0.25) is 0 Å². The van der Waals surface area contributed by atoms with Crippen molar-refractivity contribution >= 4 is 17.5 Å². The summed E-state index contributed by atoms with van der Waals surface area (Å²) in [4.78, 5) is 20.9. The highest BCUT2D eigenvalue weighted by atomic mass is 16.5. The van der Waals surface area contributed by atoms with Crippen LogP contribution in [0.2, 0.25) is 0 Å². The maximum absolute atomic E-state index is 12.1. The number of aryl methyl sites for hydroxylation is 1. The number of amides is 2. The summed E-state index contributed by atoms with van der Waals surface area (Å²) >= 11 is 0. The van der Waals surface area contributed by atoms with Gasteiger partial charge in [-0.3, -0.25) is 0 Å². The molecule has 0 unspecified atom stereocenters. The van der Waals surface area contributed by atoms with Gasteiger partial charge in [-0.1, -0.05) is 0 Å². The summed E-state index contributed by atoms with van der Waals surface area (Å²) in [5.74, 6) is 3.33. The minimum atomic E-state index is -0.325. The Bertz CT molecular complexity index is 937. The second-order valence-electron chi connectivity index (χ2n) is 6.16. The molecule has 0 radical (unpaired) electrons. The molecule has 3 aromatic rings. The van der Waals surface area contributed by atoms with Crippen LogP contribution >= 0.6 is 0 Å². The van der Waals surface area contributed by atoms with Crippen molar-refractivity contribution in [1.82, 2.24) is 19.9 Å². The zero-order chi connectivity index (χ0) is 20.6. The lowest BCUT2D eigenvalue weighted by Gasteiger charge is -2.12. The number of anilines is 2. The standard InChI is InChI=1S/C20H24N6O3/c1-14-23-18(13-19(24-14)26-8-4-5-9-26)21-6-7-22-20(27)25-15-10-16(28-2)12-17(11-15)29-3/h4-5,8-13H,6-7H2,1-3H3,(H,21,23,24)(H2,22,25,27). The molecule has 0 spiro atoms. The van der Waals surface area contributed by atoms with Gasteiger partial charge >= 0.3 is 6.03 Å². The molecular weight excluding hydrogens is 372 g/mol. The summed E-state index contributed by atoms with van der Waals surface area (Å²) in [6, 6.07) is 10.6. The second-order valence-corrected chi connectivity index (χ2v) is 6.16. The zero-order valence-electron chi connectivity index (χ0n) is 16.6. The quantitative estimate of drug-likeness (QED) is 0.506. The first-order chi connectivity index (χ1) is 14.1. The van der Waals surface area contributed by atoms with Gasteiger partial charge < -0.3 is 30.0 Å². The Balaban J connectivity index is 1.50. The molecule has 1 aromatic carbocycles. The van der Waals surface area contributed by atoms with Crippen LogP contribution in [0.1, 0.15) is 5.82 Å². The van der Waals surface area contributed by atoms with E-state index in [4.69, 9.17) is 9.47 Å². The predicted molar refractivity (Wildman–Crippen MR) is 111 cm³/mol. The monoisotopic (exact) mass is 396 g/mol. The Morgan fingerprint density at radius 3 is 2.34 bits per heavy atom. The van der Waals surface area contributed by atoms with Gasteiger partial charge in [-0.2, -0.15) is 0 Å². The number of ether oxygens (including phenoxy) is 2. The highest BCUT2D eigenvalue weighted by molar-refractivity contribution is 5.89. The first-order valence-corrected chi connectivity index (χ1v) is 9.08. The summed E-state index contributed by atoms with van der Waals surface area (Å²) in [5.41, 5.74) is 0.578. The fraction of sp³-hybridized carbons (Fsp3) is 0.250. The van der Waals surface area contributed by atoms with Crippen LogP contribution in [-0.4, -0.2) is 47.9 Å². The molecule has 3 N–H and O–H groups in total. The van der Waals surface area contributed by atoms with Crippen molar-refractivity contribution in [2.45, 2.75) is 6.92 Å². The maximum atomic E-state index is 12.1. The van der Waals surface area contributed by atoms with Gasteiger partial charge in [0.1, 0.15) is 29.0 Å². The number of rotatable bonds is 8. The molecule has 0 atom stereocenters. The van der Waals surface area contributed by atoms with E-state index in [-0.39, 0.29) is 6.03 Å². The van der Waals surface area contributed by atoms with Gasteiger partial charge in [-0.15, -0.1) is 0 Å². The van der Waals surface area contributed by atoms with Crippen molar-refractivity contribution < 1.29 is 14.3 Å². The highest BCUT2D eigenvalue weighted by Gasteiger charge is 2.06. The van der Waals surface area contributed by atoms with E-state index in [1.54, 1.807) is 32.4 Å². The first kappa shape index (κ1) is 20.0. The molecule has 29 heavy (non-hydrogen) atoms. The number of nitrogens with zero attached hydrogens (tertiary/aromatic N) is 3. The molecular formula is C20H24N6O3. The minimum absolute atomic E-state index is 0.325. The molecule has 0 aliphatic heterocycles. The Labute approximate surface area is 169 Å². The summed E-state index contributed by atoms with van der Waals surface area (Å²) in [6.07, 6.45) is 3.84. The Morgan fingerprint density at radius 1 is 1.00 bits per heavy atom. The van der Waals surface area contributed by atoms with E-state index in [2.05, 4.69) is 25.9 Å². The molecule has 2 heterocycles. The van der Waals surface area contributed by atoms with Crippen LogP contribution in [-0.2, 0) is 0 Å². The van der Waals surface area contributed by atoms with Crippen LogP contribution in [0.3, 0.4) is 0 Å². The van der Waals surface area contributed by atoms with Crippen LogP contribution in [0.25, 0.3) is 5.82 Å². The lowest BCUT2D eigenvalue weighted by atomic mass is 10.3. The first-order valence-electron chi connectivity index (χ1n) is 9.08. The lowest BCUT2D eigenvalue weighted by molar-refractivity contribution is 0.252. The summed E-state index contributed by atoms with van der Waals surface area (Å²) in [7, 11) is 3.11. The van der Waals surface area contributed by atoms with Crippen molar-refractivity contribution in [3.05, 3.63) is 54.6 Å². The molecule has 152 valence electrons. The smallest absolute Gasteiger partial charge is 0.319 e. The van der Waals surface area contributed by atoms with E-state index in [1.165, 1.54) is 0 Å². The molecule has 0 aliphatic rings. The molecule has 0 fully saturated rings. The minimum Gasteiger partial charge on any atom is -0.497 e. The molecule has 0 saturated carbocycles. The summed E-state index contributed by atoms with van der Waals surface area (Å²) < 4.78 is 12.3. The zero-order valence-corrected chi connectivity index (χ0v) is 16.6. The number of benzene rings is 1. The van der Waals surface area contributed by atoms with Crippen molar-refractivity contribution in [3.63, 3.8) is 0 Å². The number of hydrogen-bond acceptors (Lipinski definition) is 6. The highest BCUT2D eigenvalue weighted by Crippen LogP contribution is 2.25. The average Bonchev–Trinajstić information content (AvgIpc) is 3.25. The van der Waals surface area contributed by atoms with E-state index in [1.807, 2.05) is 42.1 Å². The maximum Gasteiger partial charge on any atom is 0.319 e. The largest absolute Gasteiger partial charge is 0.497 e. The predicted octanol–water partition coefficient (Wildman–Crippen LogP) is 2.83. The van der Waals surface area contributed by atoms with Crippen LogP contribution in [0.15, 0.2) is 48.8 Å². The fourth-order valence-corrected chi connectivity index (χ4v) is 2.68. The second kappa shape index (κ2) is 9.45. The number of aromatic nitrogens is 3. The van der Waals surface area contributed by atoms with Gasteiger partial charge in [0.15, 0.2) is 0 Å². The normalized spacial score (nSPS) is 10.3. The van der Waals surface area contributed by atoms with Crippen LogP contribution < -0.4 is 25.4 Å². The molecule has 2 aromatic heterocycles. The number of methoxy groups -OCH3 is 2. The number of urea groups is 1. The number of hydrogen-bond donors (Lipinski definition) is 3. The van der Waals surface area contributed by atoms with E-state index >= 15 is 0 Å². The Hall–Kier alpha value is -3.75. The van der Waals surface area contributed by atoms with Crippen LogP contribution in [0.5, 0.6) is 11.5 Å². The van der Waals surface area contributed by atoms with E-state index in [0.29, 0.717) is 41.9 Å². The van der Waals surface area contributed by atoms with Crippen molar-refractivity contribution in [3.8, 4) is 17.3 Å². The van der Waals surface area contributed by atoms with Crippen LogP contribution in [0, 0.1) is 6.92 Å². The molecule has 0 bridgehead atoms. The molecule has 0 aliphatic carbocycles. The average molecular weight is 396 g/mol. The van der Waals surface area contributed by atoms with Crippen molar-refractivity contribution in [2.24, 2.45) is 0 Å². The summed E-state index contributed by atoms with van der Waals surface area (Å²) in [6.45, 7) is 2.76. The molecule has 9 nitrogen and oxygen atoms in total. The SMILES string of the molecule is COc1cc(NC(=O)NCCNc2cc(-n3cccc3)nc(C)n2)cc(OC)c1. The fourth-order valence-electron chi connectivity index (χ4n) is 2.68. The van der Waals surface area contributed by atoms with Gasteiger partial charge in [0.05, 0.1) is 14.2 Å². The third-order valence-electron chi connectivity index (χ3n) is 4.02. The van der Waals surface area contributed by atoms with Gasteiger partial charge in [-0.05, 0) is 19.1 Å². The van der Waals surface area contributed by atoms with E-state index < -0.39 is 0 Å². The number of carbonyl (C=O) groups excluding carboxylic acids is 1. The van der Waals surface area contributed by atoms with Crippen molar-refractivity contribution in [2.75, 3.05) is 37.9 Å². The number of nitrogens with one attached hydrogen (secondary N) is 3. The topological polar surface area (TPSA) is 102 Å². The van der Waals surface area contributed by atoms with Crippen LogP contribution in [0.4, 0.5) is 16.3 Å².